The molecule has 0 aromatic carbocycles. The quantitative estimate of drug-likeness (QED) is 0.848. The molecule has 0 saturated carbocycles. The Morgan fingerprint density at radius 1 is 1.30 bits per heavy atom. The third-order valence-corrected chi connectivity index (χ3v) is 3.26. The third-order valence-electron chi connectivity index (χ3n) is 3.26. The second kappa shape index (κ2) is 6.49. The first-order valence-electron chi connectivity index (χ1n) is 7.76. The molecule has 1 aromatic heterocycles. The van der Waals surface area contributed by atoms with Crippen molar-refractivity contribution < 1.29 is 18.8 Å². The summed E-state index contributed by atoms with van der Waals surface area (Å²) in [4.78, 5) is 16.2. The lowest BCUT2D eigenvalue weighted by Gasteiger charge is -2.33. The number of pyridine rings is 1. The summed E-state index contributed by atoms with van der Waals surface area (Å²) in [6, 6.07) is 3.58. The van der Waals surface area contributed by atoms with E-state index in [1.165, 1.54) is 0 Å². The molecule has 1 fully saturated rings. The second-order valence-electron chi connectivity index (χ2n) is 7.62. The number of aromatic nitrogens is 1. The first kappa shape index (κ1) is 17.8. The summed E-state index contributed by atoms with van der Waals surface area (Å²) in [6.45, 7) is 12.8. The Kier molecular flexibility index (Phi) is 5.01. The number of carbonyl (C=O) groups is 1. The zero-order valence-electron chi connectivity index (χ0n) is 14.7. The molecule has 1 N–H and O–H groups in total. The van der Waals surface area contributed by atoms with Gasteiger partial charge in [-0.25, -0.2) is 9.78 Å². The molecular weight excluding hydrogens is 295 g/mol. The highest BCUT2D eigenvalue weighted by molar-refractivity contribution is 6.61. The maximum atomic E-state index is 11.8. The van der Waals surface area contributed by atoms with E-state index < -0.39 is 18.8 Å². The minimum Gasteiger partial charge on any atom is -0.444 e. The van der Waals surface area contributed by atoms with Crippen LogP contribution in [0.4, 0.5) is 10.6 Å². The Morgan fingerprint density at radius 3 is 2.43 bits per heavy atom. The number of carbonyl (C=O) groups excluding carboxylic acids is 1. The van der Waals surface area contributed by atoms with Crippen molar-refractivity contribution in [3.8, 4) is 0 Å². The maximum absolute atomic E-state index is 11.8. The lowest BCUT2D eigenvalue weighted by atomic mass is 9.75. The van der Waals surface area contributed by atoms with Gasteiger partial charge in [-0.3, -0.25) is 5.32 Å². The van der Waals surface area contributed by atoms with Crippen molar-refractivity contribution in [1.82, 2.24) is 4.98 Å². The fourth-order valence-electron chi connectivity index (χ4n) is 2.17. The van der Waals surface area contributed by atoms with Crippen LogP contribution in [0.2, 0.25) is 0 Å². The van der Waals surface area contributed by atoms with Crippen molar-refractivity contribution in [2.24, 2.45) is 5.41 Å². The molecule has 0 unspecified atom stereocenters. The van der Waals surface area contributed by atoms with E-state index in [4.69, 9.17) is 14.0 Å². The van der Waals surface area contributed by atoms with Gasteiger partial charge in [-0.05, 0) is 33.8 Å². The molecule has 1 aliphatic rings. The molecule has 6 nitrogen and oxygen atoms in total. The molecule has 2 heterocycles. The van der Waals surface area contributed by atoms with Crippen LogP contribution in [0.25, 0.3) is 0 Å². The summed E-state index contributed by atoms with van der Waals surface area (Å²) in [6.07, 6.45) is -0.524. The lowest BCUT2D eigenvalue weighted by molar-refractivity contribution is 0.0342. The van der Waals surface area contributed by atoms with Gasteiger partial charge >= 0.3 is 13.2 Å². The highest BCUT2D eigenvalue weighted by Gasteiger charge is 2.34. The van der Waals surface area contributed by atoms with Gasteiger partial charge in [0.15, 0.2) is 0 Å². The van der Waals surface area contributed by atoms with Crippen LogP contribution >= 0.6 is 0 Å². The van der Waals surface area contributed by atoms with Gasteiger partial charge in [0.1, 0.15) is 11.4 Å². The van der Waals surface area contributed by atoms with Crippen molar-refractivity contribution in [3.05, 3.63) is 17.8 Å². The molecule has 1 amide bonds. The number of hydrogen-bond donors (Lipinski definition) is 1. The molecule has 23 heavy (non-hydrogen) atoms. The average Bonchev–Trinajstić information content (AvgIpc) is 2.37. The highest BCUT2D eigenvalue weighted by atomic mass is 16.6. The number of anilines is 1. The zero-order chi connectivity index (χ0) is 17.3. The summed E-state index contributed by atoms with van der Waals surface area (Å²) < 4.78 is 16.8. The number of nitrogens with one attached hydrogen (secondary N) is 1. The Morgan fingerprint density at radius 2 is 1.91 bits per heavy atom. The number of hydrogen-bond acceptors (Lipinski definition) is 5. The number of rotatable bonds is 2. The van der Waals surface area contributed by atoms with Gasteiger partial charge in [0.05, 0.1) is 0 Å². The second-order valence-corrected chi connectivity index (χ2v) is 7.62. The van der Waals surface area contributed by atoms with Gasteiger partial charge in [0.2, 0.25) is 0 Å². The van der Waals surface area contributed by atoms with Gasteiger partial charge < -0.3 is 14.0 Å². The Labute approximate surface area is 138 Å². The van der Waals surface area contributed by atoms with Crippen LogP contribution in [0.5, 0.6) is 0 Å². The number of ether oxygens (including phenoxy) is 1. The van der Waals surface area contributed by atoms with Crippen LogP contribution < -0.4 is 10.8 Å². The van der Waals surface area contributed by atoms with Crippen LogP contribution in [0, 0.1) is 12.3 Å². The first-order chi connectivity index (χ1) is 10.6. The predicted octanol–water partition coefficient (Wildman–Crippen LogP) is 2.51. The molecule has 0 atom stereocenters. The first-order valence-corrected chi connectivity index (χ1v) is 7.76. The molecular formula is C16H25BN2O4. The summed E-state index contributed by atoms with van der Waals surface area (Å²) >= 11 is 0. The van der Waals surface area contributed by atoms with E-state index in [0.29, 0.717) is 19.0 Å². The molecule has 0 bridgehead atoms. The fraction of sp³-hybridized carbons (Fsp3) is 0.625. The van der Waals surface area contributed by atoms with Gasteiger partial charge in [-0.1, -0.05) is 19.9 Å². The van der Waals surface area contributed by atoms with E-state index in [2.05, 4.69) is 24.1 Å². The summed E-state index contributed by atoms with van der Waals surface area (Å²) in [7, 11) is -0.411. The van der Waals surface area contributed by atoms with E-state index in [1.807, 2.05) is 33.8 Å². The molecule has 2 rings (SSSR count). The molecule has 0 radical (unpaired) electrons. The number of nitrogens with zero attached hydrogens (tertiary/aromatic N) is 1. The Hall–Kier alpha value is -1.60. The SMILES string of the molecule is Cc1nc(NC(=O)OC(C)(C)C)ccc1B1OCC(C)(C)CO1. The van der Waals surface area contributed by atoms with Gasteiger partial charge in [0.25, 0.3) is 0 Å². The van der Waals surface area contributed by atoms with Crippen LogP contribution in [0.1, 0.15) is 40.3 Å². The van der Waals surface area contributed by atoms with Crippen molar-refractivity contribution in [3.63, 3.8) is 0 Å². The van der Waals surface area contributed by atoms with Crippen LogP contribution in [0.15, 0.2) is 12.1 Å². The molecule has 7 heteroatoms. The minimum absolute atomic E-state index is 0.0239. The molecule has 1 aromatic rings. The third kappa shape index (κ3) is 5.22. The Balaban J connectivity index is 2.02. The molecule has 126 valence electrons. The topological polar surface area (TPSA) is 69.7 Å². The normalized spacial score (nSPS) is 17.7. The lowest BCUT2D eigenvalue weighted by Crippen LogP contribution is -2.48. The fourth-order valence-corrected chi connectivity index (χ4v) is 2.17. The van der Waals surface area contributed by atoms with Crippen molar-refractivity contribution in [1.29, 1.82) is 0 Å². The molecule has 1 saturated heterocycles. The summed E-state index contributed by atoms with van der Waals surface area (Å²) in [5, 5.41) is 2.63. The van der Waals surface area contributed by atoms with Crippen LogP contribution in [-0.4, -0.2) is 37.0 Å². The average molecular weight is 320 g/mol. The van der Waals surface area contributed by atoms with E-state index in [-0.39, 0.29) is 5.41 Å². The van der Waals surface area contributed by atoms with Gasteiger partial charge in [0, 0.05) is 29.8 Å². The molecule has 0 spiro atoms. The largest absolute Gasteiger partial charge is 0.495 e. The standard InChI is InChI=1S/C16H25BN2O4/c1-11-12(17-21-9-16(5,6)10-22-17)7-8-13(18-11)19-14(20)23-15(2,3)4/h7-8H,9-10H2,1-6H3,(H,18,19,20). The molecule has 1 aliphatic heterocycles. The van der Waals surface area contributed by atoms with E-state index in [1.54, 1.807) is 6.07 Å². The van der Waals surface area contributed by atoms with Crippen LogP contribution in [0.3, 0.4) is 0 Å². The number of aryl methyl sites for hydroxylation is 1. The Bertz CT molecular complexity index is 574. The van der Waals surface area contributed by atoms with E-state index >= 15 is 0 Å². The van der Waals surface area contributed by atoms with Crippen molar-refractivity contribution >= 4 is 24.5 Å². The summed E-state index contributed by atoms with van der Waals surface area (Å²) in [5.41, 5.74) is 1.10. The van der Waals surface area contributed by atoms with E-state index in [0.717, 1.165) is 11.2 Å². The minimum atomic E-state index is -0.546. The van der Waals surface area contributed by atoms with Crippen molar-refractivity contribution in [2.75, 3.05) is 18.5 Å². The van der Waals surface area contributed by atoms with Gasteiger partial charge in [-0.2, -0.15) is 0 Å². The van der Waals surface area contributed by atoms with Crippen molar-refractivity contribution in [2.45, 2.75) is 47.1 Å². The van der Waals surface area contributed by atoms with Crippen LogP contribution in [-0.2, 0) is 14.0 Å². The highest BCUT2D eigenvalue weighted by Crippen LogP contribution is 2.21. The van der Waals surface area contributed by atoms with E-state index in [9.17, 15) is 4.79 Å². The monoisotopic (exact) mass is 320 g/mol. The van der Waals surface area contributed by atoms with Gasteiger partial charge in [-0.15, -0.1) is 0 Å². The zero-order valence-corrected chi connectivity index (χ0v) is 14.7. The smallest absolute Gasteiger partial charge is 0.444 e. The molecule has 0 aliphatic carbocycles. The maximum Gasteiger partial charge on any atom is 0.495 e. The predicted molar refractivity (Wildman–Crippen MR) is 89.9 cm³/mol. The number of amides is 1. The summed E-state index contributed by atoms with van der Waals surface area (Å²) in [5.74, 6) is 0.441.